The van der Waals surface area contributed by atoms with Crippen LogP contribution in [0.1, 0.15) is 32.2 Å². The highest BCUT2D eigenvalue weighted by molar-refractivity contribution is 5.11. The van der Waals surface area contributed by atoms with E-state index in [-0.39, 0.29) is 0 Å². The molecule has 0 aliphatic rings. The van der Waals surface area contributed by atoms with Gasteiger partial charge in [0.05, 0.1) is 11.3 Å². The summed E-state index contributed by atoms with van der Waals surface area (Å²) in [6, 6.07) is 2.05. The summed E-state index contributed by atoms with van der Waals surface area (Å²) in [7, 11) is 1.92. The average Bonchev–Trinajstić information content (AvgIpc) is 2.29. The van der Waals surface area contributed by atoms with Gasteiger partial charge in [-0.05, 0) is 26.3 Å². The van der Waals surface area contributed by atoms with E-state index in [1.165, 1.54) is 0 Å². The summed E-state index contributed by atoms with van der Waals surface area (Å²) in [5.74, 6) is 0. The van der Waals surface area contributed by atoms with Gasteiger partial charge in [-0.3, -0.25) is 4.68 Å². The Kier molecular flexibility index (Phi) is 2.76. The number of nitrogens with zero attached hydrogens (tertiary/aromatic N) is 2. The van der Waals surface area contributed by atoms with Crippen LogP contribution < -0.4 is 0 Å². The van der Waals surface area contributed by atoms with Gasteiger partial charge in [-0.25, -0.2) is 0 Å². The van der Waals surface area contributed by atoms with E-state index in [2.05, 4.69) is 18.1 Å². The Bertz CT molecular complexity index is 284. The fourth-order valence-electron chi connectivity index (χ4n) is 1.35. The van der Waals surface area contributed by atoms with E-state index in [0.29, 0.717) is 6.42 Å². The summed E-state index contributed by atoms with van der Waals surface area (Å²) in [5, 5.41) is 14.0. The van der Waals surface area contributed by atoms with Crippen molar-refractivity contribution in [2.75, 3.05) is 0 Å². The number of rotatable bonds is 3. The standard InChI is InChI=1S/C10H18N2O/c1-5-8-6-9(12(4)11-8)7-10(2,3)13/h6,13H,5,7H2,1-4H3. The maximum atomic E-state index is 9.64. The first-order valence-electron chi connectivity index (χ1n) is 4.66. The number of hydrogen-bond acceptors (Lipinski definition) is 2. The quantitative estimate of drug-likeness (QED) is 0.765. The molecule has 0 atom stereocenters. The van der Waals surface area contributed by atoms with Gasteiger partial charge in [-0.15, -0.1) is 0 Å². The molecule has 0 fully saturated rings. The van der Waals surface area contributed by atoms with Crippen LogP contribution in [0.3, 0.4) is 0 Å². The van der Waals surface area contributed by atoms with Crippen molar-refractivity contribution in [2.24, 2.45) is 7.05 Å². The van der Waals surface area contributed by atoms with Gasteiger partial charge in [0.2, 0.25) is 0 Å². The molecule has 1 aromatic heterocycles. The van der Waals surface area contributed by atoms with E-state index in [1.807, 2.05) is 25.6 Å². The van der Waals surface area contributed by atoms with E-state index >= 15 is 0 Å². The van der Waals surface area contributed by atoms with Gasteiger partial charge in [0.25, 0.3) is 0 Å². The fourth-order valence-corrected chi connectivity index (χ4v) is 1.35. The monoisotopic (exact) mass is 182 g/mol. The molecular formula is C10H18N2O. The second kappa shape index (κ2) is 3.50. The molecule has 0 saturated carbocycles. The topological polar surface area (TPSA) is 38.0 Å². The predicted octanol–water partition coefficient (Wildman–Crippen LogP) is 1.30. The molecule has 0 bridgehead atoms. The molecule has 74 valence electrons. The van der Waals surface area contributed by atoms with Crippen molar-refractivity contribution < 1.29 is 5.11 Å². The molecule has 3 heteroatoms. The zero-order valence-corrected chi connectivity index (χ0v) is 8.83. The van der Waals surface area contributed by atoms with Crippen LogP contribution in [0.4, 0.5) is 0 Å². The van der Waals surface area contributed by atoms with E-state index < -0.39 is 5.60 Å². The molecule has 0 aliphatic heterocycles. The van der Waals surface area contributed by atoms with E-state index in [9.17, 15) is 5.11 Å². The Morgan fingerprint density at radius 3 is 2.54 bits per heavy atom. The Hall–Kier alpha value is -0.830. The van der Waals surface area contributed by atoms with Crippen LogP contribution in [0, 0.1) is 0 Å². The summed E-state index contributed by atoms with van der Waals surface area (Å²) in [6.07, 6.45) is 1.59. The molecule has 0 aliphatic carbocycles. The first kappa shape index (κ1) is 10.3. The lowest BCUT2D eigenvalue weighted by atomic mass is 10.0. The van der Waals surface area contributed by atoms with Crippen LogP contribution in [0.2, 0.25) is 0 Å². The maximum Gasteiger partial charge on any atom is 0.0646 e. The maximum absolute atomic E-state index is 9.64. The lowest BCUT2D eigenvalue weighted by molar-refractivity contribution is 0.0789. The van der Waals surface area contributed by atoms with Crippen molar-refractivity contribution in [1.82, 2.24) is 9.78 Å². The van der Waals surface area contributed by atoms with Crippen LogP contribution in [0.5, 0.6) is 0 Å². The molecule has 1 aromatic rings. The van der Waals surface area contributed by atoms with E-state index in [1.54, 1.807) is 0 Å². The van der Waals surface area contributed by atoms with Crippen molar-refractivity contribution in [3.05, 3.63) is 17.5 Å². The zero-order valence-electron chi connectivity index (χ0n) is 8.83. The summed E-state index contributed by atoms with van der Waals surface area (Å²) < 4.78 is 1.84. The summed E-state index contributed by atoms with van der Waals surface area (Å²) >= 11 is 0. The second-order valence-corrected chi connectivity index (χ2v) is 4.09. The minimum Gasteiger partial charge on any atom is -0.390 e. The number of aliphatic hydroxyl groups is 1. The van der Waals surface area contributed by atoms with Gasteiger partial charge in [0, 0.05) is 19.2 Å². The minimum atomic E-state index is -0.654. The van der Waals surface area contributed by atoms with Crippen LogP contribution in [0.15, 0.2) is 6.07 Å². The highest BCUT2D eigenvalue weighted by Crippen LogP contribution is 2.13. The van der Waals surface area contributed by atoms with Crippen LogP contribution in [-0.2, 0) is 19.9 Å². The molecule has 0 aromatic carbocycles. The summed E-state index contributed by atoms with van der Waals surface area (Å²) in [4.78, 5) is 0. The molecule has 3 nitrogen and oxygen atoms in total. The number of hydrogen-bond donors (Lipinski definition) is 1. The summed E-state index contributed by atoms with van der Waals surface area (Å²) in [6.45, 7) is 5.70. The molecule has 0 spiro atoms. The lowest BCUT2D eigenvalue weighted by Crippen LogP contribution is -2.23. The van der Waals surface area contributed by atoms with Crippen LogP contribution in [-0.4, -0.2) is 20.5 Å². The van der Waals surface area contributed by atoms with E-state index in [4.69, 9.17) is 0 Å². The number of aryl methyl sites for hydroxylation is 2. The fraction of sp³-hybridized carbons (Fsp3) is 0.700. The Morgan fingerprint density at radius 2 is 2.15 bits per heavy atom. The van der Waals surface area contributed by atoms with Gasteiger partial charge in [-0.2, -0.15) is 5.10 Å². The Morgan fingerprint density at radius 1 is 1.54 bits per heavy atom. The first-order chi connectivity index (χ1) is 5.92. The third-order valence-corrected chi connectivity index (χ3v) is 2.00. The smallest absolute Gasteiger partial charge is 0.0646 e. The van der Waals surface area contributed by atoms with Crippen molar-refractivity contribution in [1.29, 1.82) is 0 Å². The van der Waals surface area contributed by atoms with Crippen molar-refractivity contribution in [2.45, 2.75) is 39.2 Å². The summed E-state index contributed by atoms with van der Waals surface area (Å²) in [5.41, 5.74) is 1.52. The van der Waals surface area contributed by atoms with Gasteiger partial charge >= 0.3 is 0 Å². The largest absolute Gasteiger partial charge is 0.390 e. The van der Waals surface area contributed by atoms with Crippen molar-refractivity contribution in [3.63, 3.8) is 0 Å². The van der Waals surface area contributed by atoms with Gasteiger partial charge < -0.3 is 5.11 Å². The third-order valence-electron chi connectivity index (χ3n) is 2.00. The van der Waals surface area contributed by atoms with Crippen LogP contribution in [0.25, 0.3) is 0 Å². The molecule has 1 N–H and O–H groups in total. The van der Waals surface area contributed by atoms with Crippen molar-refractivity contribution in [3.8, 4) is 0 Å². The lowest BCUT2D eigenvalue weighted by Gasteiger charge is -2.16. The molecule has 0 saturated heterocycles. The Balaban J connectivity index is 2.83. The predicted molar refractivity (Wildman–Crippen MR) is 52.6 cm³/mol. The molecule has 0 unspecified atom stereocenters. The first-order valence-corrected chi connectivity index (χ1v) is 4.66. The molecule has 0 radical (unpaired) electrons. The average molecular weight is 182 g/mol. The molecule has 1 rings (SSSR count). The Labute approximate surface area is 79.4 Å². The molecule has 13 heavy (non-hydrogen) atoms. The zero-order chi connectivity index (χ0) is 10.1. The van der Waals surface area contributed by atoms with Gasteiger partial charge in [0.15, 0.2) is 0 Å². The highest BCUT2D eigenvalue weighted by Gasteiger charge is 2.16. The normalized spacial score (nSPS) is 12.1. The minimum absolute atomic E-state index is 0.649. The number of aromatic nitrogens is 2. The van der Waals surface area contributed by atoms with E-state index in [0.717, 1.165) is 17.8 Å². The highest BCUT2D eigenvalue weighted by atomic mass is 16.3. The molecule has 0 amide bonds. The van der Waals surface area contributed by atoms with Crippen molar-refractivity contribution >= 4 is 0 Å². The third kappa shape index (κ3) is 2.84. The SMILES string of the molecule is CCc1cc(CC(C)(C)O)n(C)n1. The molecular weight excluding hydrogens is 164 g/mol. The molecule has 1 heterocycles. The van der Waals surface area contributed by atoms with Gasteiger partial charge in [0.1, 0.15) is 0 Å². The van der Waals surface area contributed by atoms with Gasteiger partial charge in [-0.1, -0.05) is 6.92 Å². The van der Waals surface area contributed by atoms with Crippen LogP contribution >= 0.6 is 0 Å². The second-order valence-electron chi connectivity index (χ2n) is 4.09.